The van der Waals surface area contributed by atoms with Crippen molar-refractivity contribution in [1.82, 2.24) is 24.7 Å². The summed E-state index contributed by atoms with van der Waals surface area (Å²) < 4.78 is 1.78. The van der Waals surface area contributed by atoms with E-state index in [2.05, 4.69) is 15.0 Å². The summed E-state index contributed by atoms with van der Waals surface area (Å²) in [5.74, 6) is 0.950. The van der Waals surface area contributed by atoms with Crippen molar-refractivity contribution < 1.29 is 0 Å². The van der Waals surface area contributed by atoms with Gasteiger partial charge in [-0.25, -0.2) is 9.97 Å². The van der Waals surface area contributed by atoms with E-state index in [1.807, 2.05) is 37.8 Å². The van der Waals surface area contributed by atoms with Crippen LogP contribution in [0.2, 0.25) is 5.02 Å². The molecule has 2 unspecified atom stereocenters. The highest BCUT2D eigenvalue weighted by molar-refractivity contribution is 6.38. The summed E-state index contributed by atoms with van der Waals surface area (Å²) in [6.07, 6.45) is 11.5. The van der Waals surface area contributed by atoms with E-state index >= 15 is 0 Å². The van der Waals surface area contributed by atoms with Gasteiger partial charge in [-0.15, -0.1) is 0 Å². The average Bonchev–Trinajstić information content (AvgIpc) is 3.30. The molecule has 5 heterocycles. The molecule has 2 aliphatic rings. The van der Waals surface area contributed by atoms with Crippen molar-refractivity contribution >= 4 is 39.5 Å². The maximum absolute atomic E-state index is 6.74. The molecule has 2 bridgehead atoms. The van der Waals surface area contributed by atoms with E-state index in [0.717, 1.165) is 51.9 Å². The van der Waals surface area contributed by atoms with Gasteiger partial charge in [-0.1, -0.05) is 17.7 Å². The van der Waals surface area contributed by atoms with E-state index in [1.54, 1.807) is 4.68 Å². The Morgan fingerprint density at radius 2 is 1.97 bits per heavy atom. The Bertz CT molecular complexity index is 1250. The molecule has 2 fully saturated rings. The van der Waals surface area contributed by atoms with Gasteiger partial charge in [0.25, 0.3) is 0 Å². The summed E-state index contributed by atoms with van der Waals surface area (Å²) >= 11 is 6.74. The van der Waals surface area contributed by atoms with Gasteiger partial charge >= 0.3 is 0 Å². The fourth-order valence-corrected chi connectivity index (χ4v) is 5.71. The molecule has 0 spiro atoms. The smallest absolute Gasteiger partial charge is 0.159 e. The molecule has 0 saturated carbocycles. The molecule has 2 saturated heterocycles. The molecule has 1 aromatic carbocycles. The van der Waals surface area contributed by atoms with Gasteiger partial charge in [-0.05, 0) is 38.2 Å². The van der Waals surface area contributed by atoms with Crippen molar-refractivity contribution in [2.75, 3.05) is 4.90 Å². The van der Waals surface area contributed by atoms with Gasteiger partial charge < -0.3 is 15.6 Å². The summed E-state index contributed by atoms with van der Waals surface area (Å²) in [7, 11) is 1.90. The van der Waals surface area contributed by atoms with Crippen molar-refractivity contribution in [2.24, 2.45) is 12.8 Å². The maximum Gasteiger partial charge on any atom is 0.159 e. The molecule has 0 radical (unpaired) electrons. The van der Waals surface area contributed by atoms with E-state index < -0.39 is 0 Å². The van der Waals surface area contributed by atoms with Gasteiger partial charge in [0.1, 0.15) is 11.3 Å². The highest BCUT2D eigenvalue weighted by Gasteiger charge is 2.38. The van der Waals surface area contributed by atoms with Gasteiger partial charge in [-0.3, -0.25) is 4.68 Å². The lowest BCUT2D eigenvalue weighted by molar-refractivity contribution is 0.269. The number of aryl methyl sites for hydroxylation is 1. The van der Waals surface area contributed by atoms with Crippen LogP contribution in [0, 0.1) is 0 Å². The number of anilines is 1. The number of rotatable bonds is 2. The molecule has 2 aliphatic heterocycles. The van der Waals surface area contributed by atoms with Crippen LogP contribution in [0.1, 0.15) is 32.1 Å². The van der Waals surface area contributed by atoms with Crippen LogP contribution >= 0.6 is 11.6 Å². The minimum absolute atomic E-state index is 0.301. The monoisotopic (exact) mass is 421 g/mol. The number of H-pyrrole nitrogens is 1. The maximum atomic E-state index is 6.74. The summed E-state index contributed by atoms with van der Waals surface area (Å²) in [5.41, 5.74) is 10.7. The zero-order valence-corrected chi connectivity index (χ0v) is 17.6. The first-order valence-corrected chi connectivity index (χ1v) is 11.0. The number of aromatic amines is 1. The first-order valence-electron chi connectivity index (χ1n) is 10.6. The third-order valence-electron chi connectivity index (χ3n) is 6.67. The number of fused-ring (bicyclic) bond motifs is 4. The largest absolute Gasteiger partial charge is 0.349 e. The first-order chi connectivity index (χ1) is 14.6. The lowest BCUT2D eigenvalue weighted by Crippen LogP contribution is -2.55. The number of benzene rings is 1. The fourth-order valence-electron chi connectivity index (χ4n) is 5.40. The second-order valence-electron chi connectivity index (χ2n) is 8.67. The Hall–Kier alpha value is -2.64. The number of nitrogens with zero attached hydrogens (tertiary/aromatic N) is 5. The molecule has 8 heteroatoms. The van der Waals surface area contributed by atoms with E-state index in [0.29, 0.717) is 23.1 Å². The summed E-state index contributed by atoms with van der Waals surface area (Å²) in [4.78, 5) is 15.6. The Labute approximate surface area is 179 Å². The van der Waals surface area contributed by atoms with E-state index in [1.165, 1.54) is 19.3 Å². The van der Waals surface area contributed by atoms with Gasteiger partial charge in [-0.2, -0.15) is 5.10 Å². The highest BCUT2D eigenvalue weighted by atomic mass is 35.5. The van der Waals surface area contributed by atoms with Crippen molar-refractivity contribution in [2.45, 2.75) is 50.2 Å². The second-order valence-corrected chi connectivity index (χ2v) is 9.05. The lowest BCUT2D eigenvalue weighted by Gasteiger charge is -2.48. The molecular weight excluding hydrogens is 398 g/mol. The zero-order valence-electron chi connectivity index (χ0n) is 16.8. The van der Waals surface area contributed by atoms with Gasteiger partial charge in [0.2, 0.25) is 0 Å². The third kappa shape index (κ3) is 2.72. The van der Waals surface area contributed by atoms with Gasteiger partial charge in [0, 0.05) is 54.1 Å². The van der Waals surface area contributed by atoms with Crippen LogP contribution in [-0.4, -0.2) is 42.9 Å². The summed E-state index contributed by atoms with van der Waals surface area (Å²) in [6, 6.07) is 5.24. The summed E-state index contributed by atoms with van der Waals surface area (Å²) in [5, 5.41) is 6.06. The van der Waals surface area contributed by atoms with Crippen molar-refractivity contribution in [3.05, 3.63) is 35.7 Å². The Morgan fingerprint density at radius 3 is 2.77 bits per heavy atom. The minimum Gasteiger partial charge on any atom is -0.349 e. The third-order valence-corrected chi connectivity index (χ3v) is 7.08. The quantitative estimate of drug-likeness (QED) is 0.510. The van der Waals surface area contributed by atoms with E-state index in [4.69, 9.17) is 27.3 Å². The van der Waals surface area contributed by atoms with Crippen molar-refractivity contribution in [1.29, 1.82) is 0 Å². The molecular formula is C22H24ClN7. The number of nitrogens with two attached hydrogens (primary N) is 1. The van der Waals surface area contributed by atoms with Crippen molar-refractivity contribution in [3.63, 3.8) is 0 Å². The molecule has 3 aromatic heterocycles. The SMILES string of the molecule is Cn1cc2c(Cl)c(-c3c[nH]c4nc(N5C6CCCC5CC(N)C6)cnc34)ccc2n1. The Morgan fingerprint density at radius 1 is 1.17 bits per heavy atom. The molecule has 0 amide bonds. The molecule has 2 atom stereocenters. The topological polar surface area (TPSA) is 88.7 Å². The van der Waals surface area contributed by atoms with Crippen LogP contribution in [0.25, 0.3) is 33.2 Å². The normalized spacial score (nSPS) is 24.1. The van der Waals surface area contributed by atoms with Gasteiger partial charge in [0.15, 0.2) is 5.65 Å². The highest BCUT2D eigenvalue weighted by Crippen LogP contribution is 2.39. The number of aromatic nitrogens is 5. The van der Waals surface area contributed by atoms with E-state index in [9.17, 15) is 0 Å². The standard InChI is InChI=1S/C22H24ClN7/c1-29-11-17-18(28-29)6-5-15(20(17)23)16-9-26-22-21(16)25-10-19(27-22)30-13-3-2-4-14(30)8-12(24)7-13/h5-6,9-14H,2-4,7-8,24H2,1H3,(H,26,27). The molecule has 154 valence electrons. The molecule has 0 aliphatic carbocycles. The van der Waals surface area contributed by atoms with Crippen LogP contribution in [0.5, 0.6) is 0 Å². The number of piperidine rings is 2. The van der Waals surface area contributed by atoms with Crippen LogP contribution in [0.15, 0.2) is 30.7 Å². The fraction of sp³-hybridized carbons (Fsp3) is 0.409. The predicted octanol–water partition coefficient (Wildman–Crippen LogP) is 4.01. The lowest BCUT2D eigenvalue weighted by atomic mass is 9.82. The molecule has 6 rings (SSSR count). The predicted molar refractivity (Wildman–Crippen MR) is 120 cm³/mol. The average molecular weight is 422 g/mol. The Balaban J connectivity index is 1.42. The minimum atomic E-state index is 0.301. The number of hydrogen-bond acceptors (Lipinski definition) is 5. The van der Waals surface area contributed by atoms with Crippen LogP contribution in [-0.2, 0) is 7.05 Å². The Kier molecular flexibility index (Phi) is 4.05. The molecule has 30 heavy (non-hydrogen) atoms. The van der Waals surface area contributed by atoms with E-state index in [-0.39, 0.29) is 0 Å². The van der Waals surface area contributed by atoms with Crippen LogP contribution in [0.4, 0.5) is 5.82 Å². The van der Waals surface area contributed by atoms with Crippen LogP contribution < -0.4 is 10.6 Å². The molecule has 3 N–H and O–H groups in total. The zero-order chi connectivity index (χ0) is 20.4. The first kappa shape index (κ1) is 18.2. The van der Waals surface area contributed by atoms with Crippen molar-refractivity contribution in [3.8, 4) is 11.1 Å². The molecule has 7 nitrogen and oxygen atoms in total. The molecule has 4 aromatic rings. The van der Waals surface area contributed by atoms with Gasteiger partial charge in [0.05, 0.1) is 16.7 Å². The van der Waals surface area contributed by atoms with Crippen LogP contribution in [0.3, 0.4) is 0 Å². The number of hydrogen-bond donors (Lipinski definition) is 2. The number of halogens is 1. The summed E-state index contributed by atoms with van der Waals surface area (Å²) in [6.45, 7) is 0. The second kappa shape index (κ2) is 6.68. The number of nitrogens with one attached hydrogen (secondary N) is 1.